The van der Waals surface area contributed by atoms with Crippen molar-refractivity contribution in [2.24, 2.45) is 5.92 Å². The summed E-state index contributed by atoms with van der Waals surface area (Å²) in [5, 5.41) is 19.2. The predicted octanol–water partition coefficient (Wildman–Crippen LogP) is 2.83. The average molecular weight is 303 g/mol. The second-order valence-electron chi connectivity index (χ2n) is 5.10. The average Bonchev–Trinajstić information content (AvgIpc) is 2.35. The van der Waals surface area contributed by atoms with E-state index >= 15 is 0 Å². The fourth-order valence-electron chi connectivity index (χ4n) is 1.37. The molecule has 1 unspecified atom stereocenters. The molecule has 0 aliphatic heterocycles. The molecule has 0 radical (unpaired) electrons. The third-order valence-corrected chi connectivity index (χ3v) is 3.51. The van der Waals surface area contributed by atoms with Gasteiger partial charge in [-0.05, 0) is 25.0 Å². The third-order valence-electron chi connectivity index (χ3n) is 3.23. The molecule has 20 heavy (non-hydrogen) atoms. The molecular weight excluding hydrogens is 284 g/mol. The molecule has 1 atom stereocenters. The Balaban J connectivity index is 3.04. The number of carbonyl (C=O) groups is 1. The number of carboxylic acids is 1. The summed E-state index contributed by atoms with van der Waals surface area (Å²) >= 11 is 6.02. The fraction of sp³-hybridized carbons (Fsp3) is 0.500. The highest BCUT2D eigenvalue weighted by Crippen LogP contribution is 2.37. The van der Waals surface area contributed by atoms with Crippen LogP contribution in [-0.2, 0) is 0 Å². The molecule has 0 amide bonds. The Kier molecular flexibility index (Phi) is 5.25. The van der Waals surface area contributed by atoms with Crippen LogP contribution in [0.5, 0.6) is 11.5 Å². The monoisotopic (exact) mass is 302 g/mol. The van der Waals surface area contributed by atoms with E-state index in [1.165, 1.54) is 19.2 Å². The first kappa shape index (κ1) is 16.6. The lowest BCUT2D eigenvalue weighted by Gasteiger charge is -2.28. The van der Waals surface area contributed by atoms with Crippen molar-refractivity contribution in [3.63, 3.8) is 0 Å². The summed E-state index contributed by atoms with van der Waals surface area (Å²) in [4.78, 5) is 10.9. The van der Waals surface area contributed by atoms with Gasteiger partial charge in [0.05, 0.1) is 23.3 Å². The summed E-state index contributed by atoms with van der Waals surface area (Å²) in [5.41, 5.74) is -1.02. The minimum Gasteiger partial charge on any atom is -0.493 e. The van der Waals surface area contributed by atoms with Crippen molar-refractivity contribution in [3.05, 3.63) is 22.7 Å². The number of ether oxygens (including phenoxy) is 2. The lowest BCUT2D eigenvalue weighted by atomic mass is 9.94. The Morgan fingerprint density at radius 3 is 2.50 bits per heavy atom. The minimum absolute atomic E-state index is 0.00874. The van der Waals surface area contributed by atoms with Gasteiger partial charge < -0.3 is 19.7 Å². The van der Waals surface area contributed by atoms with Crippen LogP contribution in [-0.4, -0.2) is 35.5 Å². The summed E-state index contributed by atoms with van der Waals surface area (Å²) < 4.78 is 10.6. The van der Waals surface area contributed by atoms with E-state index < -0.39 is 11.6 Å². The van der Waals surface area contributed by atoms with Gasteiger partial charge in [0.2, 0.25) is 0 Å². The number of hydrogen-bond donors (Lipinski definition) is 2. The summed E-state index contributed by atoms with van der Waals surface area (Å²) in [6.45, 7) is 5.42. The van der Waals surface area contributed by atoms with Crippen LogP contribution in [0.4, 0.5) is 0 Å². The first-order valence-electron chi connectivity index (χ1n) is 6.15. The zero-order valence-electron chi connectivity index (χ0n) is 11.9. The van der Waals surface area contributed by atoms with Crippen LogP contribution in [0.1, 0.15) is 31.1 Å². The zero-order valence-corrected chi connectivity index (χ0v) is 12.7. The summed E-state index contributed by atoms with van der Waals surface area (Å²) in [6, 6.07) is 2.61. The van der Waals surface area contributed by atoms with Crippen molar-refractivity contribution in [3.8, 4) is 11.5 Å². The zero-order chi connectivity index (χ0) is 15.5. The highest BCUT2D eigenvalue weighted by atomic mass is 35.5. The van der Waals surface area contributed by atoms with E-state index in [4.69, 9.17) is 26.2 Å². The van der Waals surface area contributed by atoms with Gasteiger partial charge in [0, 0.05) is 0 Å². The van der Waals surface area contributed by atoms with Gasteiger partial charge >= 0.3 is 5.97 Å². The number of benzene rings is 1. The van der Waals surface area contributed by atoms with Crippen molar-refractivity contribution in [1.82, 2.24) is 0 Å². The largest absolute Gasteiger partial charge is 0.493 e. The molecule has 0 spiro atoms. The van der Waals surface area contributed by atoms with E-state index in [-0.39, 0.29) is 34.6 Å². The van der Waals surface area contributed by atoms with Crippen molar-refractivity contribution in [2.45, 2.75) is 26.4 Å². The number of aromatic carboxylic acids is 1. The molecule has 0 saturated heterocycles. The molecule has 0 heterocycles. The Bertz CT molecular complexity index is 497. The van der Waals surface area contributed by atoms with Gasteiger partial charge in [-0.25, -0.2) is 4.79 Å². The number of methoxy groups -OCH3 is 1. The van der Waals surface area contributed by atoms with Crippen LogP contribution < -0.4 is 9.47 Å². The van der Waals surface area contributed by atoms with Crippen LogP contribution in [0.2, 0.25) is 5.02 Å². The summed E-state index contributed by atoms with van der Waals surface area (Å²) in [5.74, 6) is -0.675. The normalized spacial score (nSPS) is 13.9. The lowest BCUT2D eigenvalue weighted by Crippen LogP contribution is -2.37. The topological polar surface area (TPSA) is 76.0 Å². The molecule has 6 heteroatoms. The first-order chi connectivity index (χ1) is 9.19. The molecule has 0 aromatic heterocycles. The van der Waals surface area contributed by atoms with Crippen molar-refractivity contribution < 1.29 is 24.5 Å². The second kappa shape index (κ2) is 6.33. The quantitative estimate of drug-likeness (QED) is 0.845. The Labute approximate surface area is 123 Å². The number of rotatable bonds is 6. The van der Waals surface area contributed by atoms with Crippen LogP contribution >= 0.6 is 11.6 Å². The van der Waals surface area contributed by atoms with Gasteiger partial charge in [0.1, 0.15) is 6.61 Å². The fourth-order valence-corrected chi connectivity index (χ4v) is 1.63. The molecule has 1 rings (SSSR count). The van der Waals surface area contributed by atoms with E-state index in [1.54, 1.807) is 6.92 Å². The van der Waals surface area contributed by atoms with Crippen LogP contribution in [0.3, 0.4) is 0 Å². The van der Waals surface area contributed by atoms with Crippen molar-refractivity contribution in [2.75, 3.05) is 13.7 Å². The molecule has 2 N–H and O–H groups in total. The maximum Gasteiger partial charge on any atom is 0.335 e. The van der Waals surface area contributed by atoms with E-state index in [0.717, 1.165) is 0 Å². The van der Waals surface area contributed by atoms with Gasteiger partial charge in [-0.1, -0.05) is 25.4 Å². The van der Waals surface area contributed by atoms with Gasteiger partial charge in [0.25, 0.3) is 0 Å². The Morgan fingerprint density at radius 2 is 2.05 bits per heavy atom. The Morgan fingerprint density at radius 1 is 1.45 bits per heavy atom. The molecule has 0 bridgehead atoms. The van der Waals surface area contributed by atoms with Crippen LogP contribution in [0.25, 0.3) is 0 Å². The standard InChI is InChI=1S/C14H19ClO5/c1-8(2)14(3,18)7-20-12-10(15)5-9(13(16)17)6-11(12)19-4/h5-6,8,18H,7H2,1-4H3,(H,16,17). The highest BCUT2D eigenvalue weighted by molar-refractivity contribution is 6.32. The van der Waals surface area contributed by atoms with Gasteiger partial charge in [-0.15, -0.1) is 0 Å². The highest BCUT2D eigenvalue weighted by Gasteiger charge is 2.27. The van der Waals surface area contributed by atoms with Gasteiger partial charge in [-0.3, -0.25) is 0 Å². The second-order valence-corrected chi connectivity index (χ2v) is 5.50. The number of carboxylic acid groups (broad SMARTS) is 1. The molecule has 0 fully saturated rings. The number of aliphatic hydroxyl groups is 1. The van der Waals surface area contributed by atoms with Crippen LogP contribution in [0.15, 0.2) is 12.1 Å². The maximum atomic E-state index is 10.9. The lowest BCUT2D eigenvalue weighted by molar-refractivity contribution is -0.0271. The molecule has 5 nitrogen and oxygen atoms in total. The molecule has 0 aliphatic rings. The summed E-state index contributed by atoms with van der Waals surface area (Å²) in [6.07, 6.45) is 0. The molecule has 0 aliphatic carbocycles. The SMILES string of the molecule is COc1cc(C(=O)O)cc(Cl)c1OCC(C)(O)C(C)C. The molecule has 1 aromatic carbocycles. The van der Waals surface area contributed by atoms with Gasteiger partial charge in [0.15, 0.2) is 11.5 Å². The van der Waals surface area contributed by atoms with E-state index in [1.807, 2.05) is 13.8 Å². The predicted molar refractivity (Wildman–Crippen MR) is 75.9 cm³/mol. The van der Waals surface area contributed by atoms with Crippen LogP contribution in [0, 0.1) is 5.92 Å². The Hall–Kier alpha value is -1.46. The molecular formula is C14H19ClO5. The number of halogens is 1. The van der Waals surface area contributed by atoms with E-state index in [9.17, 15) is 9.90 Å². The van der Waals surface area contributed by atoms with E-state index in [0.29, 0.717) is 0 Å². The van der Waals surface area contributed by atoms with E-state index in [2.05, 4.69) is 0 Å². The minimum atomic E-state index is -1.11. The summed E-state index contributed by atoms with van der Waals surface area (Å²) in [7, 11) is 1.39. The molecule has 0 saturated carbocycles. The first-order valence-corrected chi connectivity index (χ1v) is 6.53. The smallest absolute Gasteiger partial charge is 0.335 e. The molecule has 1 aromatic rings. The number of hydrogen-bond acceptors (Lipinski definition) is 4. The van der Waals surface area contributed by atoms with Crippen molar-refractivity contribution >= 4 is 17.6 Å². The van der Waals surface area contributed by atoms with Crippen molar-refractivity contribution in [1.29, 1.82) is 0 Å². The van der Waals surface area contributed by atoms with Gasteiger partial charge in [-0.2, -0.15) is 0 Å². The molecule has 112 valence electrons. The third kappa shape index (κ3) is 3.77. The maximum absolute atomic E-state index is 10.9.